The number of ether oxygens (including phenoxy) is 1. The summed E-state index contributed by atoms with van der Waals surface area (Å²) in [7, 11) is 0. The summed E-state index contributed by atoms with van der Waals surface area (Å²) < 4.78 is 6.02. The Bertz CT molecular complexity index is 460. The van der Waals surface area contributed by atoms with E-state index in [0.717, 1.165) is 37.8 Å². The fourth-order valence-corrected chi connectivity index (χ4v) is 2.26. The van der Waals surface area contributed by atoms with Crippen LogP contribution in [0.15, 0.2) is 29.3 Å². The summed E-state index contributed by atoms with van der Waals surface area (Å²) >= 11 is 0. The van der Waals surface area contributed by atoms with Crippen LogP contribution in [0.4, 0.5) is 0 Å². The molecule has 0 unspecified atom stereocenters. The van der Waals surface area contributed by atoms with Gasteiger partial charge >= 0.3 is 0 Å². The van der Waals surface area contributed by atoms with Crippen LogP contribution >= 0.6 is 24.0 Å². The second-order valence-corrected chi connectivity index (χ2v) is 5.14. The highest BCUT2D eigenvalue weighted by Gasteiger charge is 2.20. The predicted octanol–water partition coefficient (Wildman–Crippen LogP) is 2.67. The van der Waals surface area contributed by atoms with Crippen LogP contribution in [0.5, 0.6) is 5.75 Å². The Labute approximate surface area is 137 Å². The van der Waals surface area contributed by atoms with Gasteiger partial charge in [0.1, 0.15) is 5.75 Å². The molecule has 0 atom stereocenters. The van der Waals surface area contributed by atoms with Crippen LogP contribution in [0.25, 0.3) is 0 Å². The van der Waals surface area contributed by atoms with Crippen LogP contribution in [0, 0.1) is 0 Å². The molecule has 1 heterocycles. The van der Waals surface area contributed by atoms with Gasteiger partial charge in [0.05, 0.1) is 6.10 Å². The molecule has 0 amide bonds. The zero-order chi connectivity index (χ0) is 12.9. The summed E-state index contributed by atoms with van der Waals surface area (Å²) in [5.41, 5.74) is 1.20. The topological polar surface area (TPSA) is 45.6 Å². The molecule has 1 saturated carbocycles. The molecule has 1 aliphatic carbocycles. The zero-order valence-electron chi connectivity index (χ0n) is 11.6. The number of benzene rings is 1. The van der Waals surface area contributed by atoms with Gasteiger partial charge < -0.3 is 15.4 Å². The first-order valence-electron chi connectivity index (χ1n) is 7.18. The summed E-state index contributed by atoms with van der Waals surface area (Å²) in [5, 5.41) is 6.62. The van der Waals surface area contributed by atoms with E-state index in [4.69, 9.17) is 4.74 Å². The van der Waals surface area contributed by atoms with Gasteiger partial charge in [-0.3, -0.25) is 4.99 Å². The number of nitrogens with one attached hydrogen (secondary N) is 2. The molecular weight excluding hydrogens is 365 g/mol. The normalized spacial score (nSPS) is 18.1. The van der Waals surface area contributed by atoms with Gasteiger partial charge in [0, 0.05) is 25.2 Å². The fraction of sp³-hybridized carbons (Fsp3) is 0.533. The number of para-hydroxylation sites is 1. The minimum Gasteiger partial charge on any atom is -0.490 e. The third kappa shape index (κ3) is 4.01. The first kappa shape index (κ1) is 15.4. The SMILES string of the molecule is I.c1ccc(OC2CCC2)c(CNC2=NCCCN2)c1. The van der Waals surface area contributed by atoms with Crippen molar-refractivity contribution in [2.45, 2.75) is 38.3 Å². The maximum absolute atomic E-state index is 6.02. The average Bonchev–Trinajstić information content (AvgIpc) is 2.43. The summed E-state index contributed by atoms with van der Waals surface area (Å²) in [6.45, 7) is 2.68. The number of aliphatic imine (C=N–C) groups is 1. The Balaban J connectivity index is 0.00000147. The van der Waals surface area contributed by atoms with Crippen molar-refractivity contribution in [2.75, 3.05) is 13.1 Å². The monoisotopic (exact) mass is 387 g/mol. The van der Waals surface area contributed by atoms with Crippen LogP contribution in [0.1, 0.15) is 31.2 Å². The van der Waals surface area contributed by atoms with E-state index in [0.29, 0.717) is 6.10 Å². The van der Waals surface area contributed by atoms with Crippen molar-refractivity contribution in [3.8, 4) is 5.75 Å². The number of nitrogens with zero attached hydrogens (tertiary/aromatic N) is 1. The lowest BCUT2D eigenvalue weighted by atomic mass is 9.96. The third-order valence-electron chi connectivity index (χ3n) is 3.66. The van der Waals surface area contributed by atoms with Gasteiger partial charge in [-0.05, 0) is 31.7 Å². The Morgan fingerprint density at radius 1 is 1.25 bits per heavy atom. The van der Waals surface area contributed by atoms with Crippen molar-refractivity contribution >= 4 is 29.9 Å². The molecule has 4 nitrogen and oxygen atoms in total. The molecule has 3 rings (SSSR count). The summed E-state index contributed by atoms with van der Waals surface area (Å²) in [4.78, 5) is 4.42. The van der Waals surface area contributed by atoms with Gasteiger partial charge in [-0.25, -0.2) is 0 Å². The van der Waals surface area contributed by atoms with Gasteiger partial charge in [-0.15, -0.1) is 24.0 Å². The van der Waals surface area contributed by atoms with Crippen molar-refractivity contribution < 1.29 is 4.74 Å². The van der Waals surface area contributed by atoms with Gasteiger partial charge in [-0.1, -0.05) is 18.2 Å². The number of guanidine groups is 1. The fourth-order valence-electron chi connectivity index (χ4n) is 2.26. The van der Waals surface area contributed by atoms with E-state index in [2.05, 4.69) is 33.8 Å². The first-order chi connectivity index (χ1) is 9.42. The maximum Gasteiger partial charge on any atom is 0.191 e. The van der Waals surface area contributed by atoms with E-state index in [-0.39, 0.29) is 24.0 Å². The van der Waals surface area contributed by atoms with Crippen LogP contribution < -0.4 is 15.4 Å². The number of halogens is 1. The second-order valence-electron chi connectivity index (χ2n) is 5.14. The molecule has 1 aromatic rings. The van der Waals surface area contributed by atoms with Crippen LogP contribution in [0.3, 0.4) is 0 Å². The van der Waals surface area contributed by atoms with Crippen molar-refractivity contribution in [1.82, 2.24) is 10.6 Å². The van der Waals surface area contributed by atoms with E-state index in [1.54, 1.807) is 0 Å². The molecule has 20 heavy (non-hydrogen) atoms. The Kier molecular flexibility index (Phi) is 5.94. The molecule has 0 saturated heterocycles. The molecule has 2 N–H and O–H groups in total. The Hall–Kier alpha value is -0.980. The standard InChI is InChI=1S/C15H21N3O.HI/c1-2-8-14(19-13-6-3-7-13)12(5-1)11-18-15-16-9-4-10-17-15;/h1-2,5,8,13H,3-4,6-7,9-11H2,(H2,16,17,18);1H. The molecule has 0 aromatic heterocycles. The molecular formula is C15H22IN3O. The lowest BCUT2D eigenvalue weighted by Crippen LogP contribution is -2.40. The second kappa shape index (κ2) is 7.71. The maximum atomic E-state index is 6.02. The zero-order valence-corrected chi connectivity index (χ0v) is 13.9. The van der Waals surface area contributed by atoms with Gasteiger partial charge in [0.2, 0.25) is 0 Å². The lowest BCUT2D eigenvalue weighted by molar-refractivity contribution is 0.119. The molecule has 1 aromatic carbocycles. The van der Waals surface area contributed by atoms with Crippen LogP contribution in [-0.2, 0) is 6.54 Å². The smallest absolute Gasteiger partial charge is 0.191 e. The first-order valence-corrected chi connectivity index (χ1v) is 7.18. The molecule has 1 fully saturated rings. The van der Waals surface area contributed by atoms with Crippen LogP contribution in [0.2, 0.25) is 0 Å². The van der Waals surface area contributed by atoms with Gasteiger partial charge in [0.15, 0.2) is 5.96 Å². The molecule has 0 radical (unpaired) electrons. The van der Waals surface area contributed by atoms with Gasteiger partial charge in [-0.2, -0.15) is 0 Å². The Morgan fingerprint density at radius 3 is 2.80 bits per heavy atom. The molecule has 2 aliphatic rings. The predicted molar refractivity (Wildman–Crippen MR) is 91.9 cm³/mol. The molecule has 110 valence electrons. The van der Waals surface area contributed by atoms with Crippen molar-refractivity contribution in [1.29, 1.82) is 0 Å². The van der Waals surface area contributed by atoms with Crippen LogP contribution in [-0.4, -0.2) is 25.2 Å². The van der Waals surface area contributed by atoms with E-state index < -0.39 is 0 Å². The van der Waals surface area contributed by atoms with Crippen molar-refractivity contribution in [2.24, 2.45) is 4.99 Å². The summed E-state index contributed by atoms with van der Waals surface area (Å²) in [5.74, 6) is 1.92. The van der Waals surface area contributed by atoms with E-state index >= 15 is 0 Å². The summed E-state index contributed by atoms with van der Waals surface area (Å²) in [6, 6.07) is 8.27. The number of hydrogen-bond donors (Lipinski definition) is 2. The molecule has 0 bridgehead atoms. The highest BCUT2D eigenvalue weighted by molar-refractivity contribution is 14.0. The van der Waals surface area contributed by atoms with E-state index in [1.807, 2.05) is 6.07 Å². The molecule has 1 aliphatic heterocycles. The highest BCUT2D eigenvalue weighted by atomic mass is 127. The van der Waals surface area contributed by atoms with E-state index in [9.17, 15) is 0 Å². The van der Waals surface area contributed by atoms with Gasteiger partial charge in [0.25, 0.3) is 0 Å². The molecule has 5 heteroatoms. The van der Waals surface area contributed by atoms with Crippen molar-refractivity contribution in [3.05, 3.63) is 29.8 Å². The van der Waals surface area contributed by atoms with Crippen molar-refractivity contribution in [3.63, 3.8) is 0 Å². The molecule has 0 spiro atoms. The largest absolute Gasteiger partial charge is 0.490 e. The minimum atomic E-state index is 0. The summed E-state index contributed by atoms with van der Waals surface area (Å²) in [6.07, 6.45) is 5.22. The quantitative estimate of drug-likeness (QED) is 0.781. The minimum absolute atomic E-state index is 0. The lowest BCUT2D eigenvalue weighted by Gasteiger charge is -2.27. The van der Waals surface area contributed by atoms with E-state index in [1.165, 1.54) is 24.8 Å². The Morgan fingerprint density at radius 2 is 2.10 bits per heavy atom. The third-order valence-corrected chi connectivity index (χ3v) is 3.66. The number of hydrogen-bond acceptors (Lipinski definition) is 4. The highest BCUT2D eigenvalue weighted by Crippen LogP contribution is 2.27. The number of rotatable bonds is 4. The average molecular weight is 387 g/mol.